The Morgan fingerprint density at radius 3 is 2.65 bits per heavy atom. The molecule has 0 fully saturated rings. The number of ether oxygens (including phenoxy) is 1. The molecule has 5 nitrogen and oxygen atoms in total. The van der Waals surface area contributed by atoms with E-state index in [9.17, 15) is 9.59 Å². The molecule has 3 aromatic rings. The van der Waals surface area contributed by atoms with E-state index in [-0.39, 0.29) is 18.4 Å². The summed E-state index contributed by atoms with van der Waals surface area (Å²) in [6, 6.07) is 15.5. The highest BCUT2D eigenvalue weighted by Crippen LogP contribution is 2.24. The molecule has 0 spiro atoms. The Hall–Kier alpha value is -3.34. The molecule has 0 saturated heterocycles. The topological polar surface area (TPSA) is 68.5 Å². The third kappa shape index (κ3) is 6.07. The summed E-state index contributed by atoms with van der Waals surface area (Å²) in [6.45, 7) is 9.91. The quantitative estimate of drug-likeness (QED) is 0.402. The molecular weight excluding hydrogens is 390 g/mol. The normalized spacial score (nSPS) is 11.8. The monoisotopic (exact) mass is 419 g/mol. The van der Waals surface area contributed by atoms with Crippen molar-refractivity contribution < 1.29 is 13.9 Å². The van der Waals surface area contributed by atoms with Gasteiger partial charge in [0.15, 0.2) is 0 Å². The highest BCUT2D eigenvalue weighted by molar-refractivity contribution is 5.85. The fraction of sp³-hybridized carbons (Fsp3) is 0.308. The first-order valence-electron chi connectivity index (χ1n) is 10.5. The van der Waals surface area contributed by atoms with E-state index in [1.165, 1.54) is 5.56 Å². The highest BCUT2D eigenvalue weighted by Gasteiger charge is 2.16. The summed E-state index contributed by atoms with van der Waals surface area (Å²) in [7, 11) is 0. The molecule has 5 heteroatoms. The fourth-order valence-electron chi connectivity index (χ4n) is 3.46. The number of nitrogens with one attached hydrogen (secondary N) is 1. The van der Waals surface area contributed by atoms with E-state index in [1.54, 1.807) is 6.07 Å². The summed E-state index contributed by atoms with van der Waals surface area (Å²) in [4.78, 5) is 25.1. The molecule has 162 valence electrons. The van der Waals surface area contributed by atoms with Gasteiger partial charge in [-0.15, -0.1) is 0 Å². The number of carbonyl (C=O) groups excluding carboxylic acids is 1. The maximum atomic E-state index is 12.6. The van der Waals surface area contributed by atoms with Gasteiger partial charge in [-0.1, -0.05) is 36.9 Å². The molecule has 3 rings (SSSR count). The van der Waals surface area contributed by atoms with Crippen molar-refractivity contribution in [1.29, 1.82) is 0 Å². The zero-order chi connectivity index (χ0) is 22.4. The number of aryl methyl sites for hydroxylation is 2. The van der Waals surface area contributed by atoms with Crippen LogP contribution in [0.4, 0.5) is 0 Å². The van der Waals surface area contributed by atoms with Gasteiger partial charge in [0.05, 0.1) is 12.0 Å². The van der Waals surface area contributed by atoms with E-state index in [2.05, 4.69) is 24.0 Å². The molecule has 31 heavy (non-hydrogen) atoms. The zero-order valence-electron chi connectivity index (χ0n) is 18.4. The van der Waals surface area contributed by atoms with Crippen LogP contribution in [-0.2, 0) is 17.6 Å². The minimum Gasteiger partial charge on any atom is -0.489 e. The molecule has 1 N–H and O–H groups in total. The molecule has 0 aliphatic carbocycles. The van der Waals surface area contributed by atoms with Crippen LogP contribution in [-0.4, -0.2) is 18.6 Å². The van der Waals surface area contributed by atoms with Gasteiger partial charge in [0.25, 0.3) is 0 Å². The van der Waals surface area contributed by atoms with E-state index < -0.39 is 5.63 Å². The largest absolute Gasteiger partial charge is 0.489 e. The van der Waals surface area contributed by atoms with Gasteiger partial charge in [-0.05, 0) is 62.4 Å². The molecule has 0 unspecified atom stereocenters. The predicted molar refractivity (Wildman–Crippen MR) is 124 cm³/mol. The molecule has 1 atom stereocenters. The van der Waals surface area contributed by atoms with Gasteiger partial charge in [0, 0.05) is 17.5 Å². The Morgan fingerprint density at radius 2 is 1.94 bits per heavy atom. The molecule has 0 saturated carbocycles. The summed E-state index contributed by atoms with van der Waals surface area (Å²) >= 11 is 0. The van der Waals surface area contributed by atoms with Crippen molar-refractivity contribution in [1.82, 2.24) is 5.32 Å². The van der Waals surface area contributed by atoms with Crippen LogP contribution in [0, 0.1) is 6.92 Å². The maximum absolute atomic E-state index is 12.6. The molecule has 0 aliphatic rings. The van der Waals surface area contributed by atoms with Gasteiger partial charge in [-0.2, -0.15) is 0 Å². The molecule has 1 heterocycles. The molecule has 0 aliphatic heterocycles. The second-order valence-corrected chi connectivity index (χ2v) is 8.07. The first-order valence-corrected chi connectivity index (χ1v) is 10.5. The second-order valence-electron chi connectivity index (χ2n) is 8.07. The van der Waals surface area contributed by atoms with Crippen molar-refractivity contribution in [3.63, 3.8) is 0 Å². The predicted octanol–water partition coefficient (Wildman–Crippen LogP) is 4.74. The van der Waals surface area contributed by atoms with Gasteiger partial charge in [0.2, 0.25) is 5.91 Å². The van der Waals surface area contributed by atoms with Gasteiger partial charge >= 0.3 is 5.63 Å². The maximum Gasteiger partial charge on any atom is 0.340 e. The number of carbonyl (C=O) groups is 1. The van der Waals surface area contributed by atoms with E-state index in [4.69, 9.17) is 9.15 Å². The van der Waals surface area contributed by atoms with Crippen LogP contribution in [0.5, 0.6) is 5.75 Å². The molecular formula is C26H29NO4. The van der Waals surface area contributed by atoms with Crippen molar-refractivity contribution in [3.8, 4) is 5.75 Å². The van der Waals surface area contributed by atoms with Crippen molar-refractivity contribution in [2.45, 2.75) is 46.1 Å². The van der Waals surface area contributed by atoms with Crippen LogP contribution in [0.15, 0.2) is 69.9 Å². The van der Waals surface area contributed by atoms with Crippen LogP contribution in [0.25, 0.3) is 11.0 Å². The van der Waals surface area contributed by atoms with E-state index in [0.29, 0.717) is 23.5 Å². The first-order chi connectivity index (χ1) is 14.8. The second kappa shape index (κ2) is 10.1. The number of hydrogen-bond acceptors (Lipinski definition) is 4. The number of amides is 1. The highest BCUT2D eigenvalue weighted by atomic mass is 16.5. The lowest BCUT2D eigenvalue weighted by Crippen LogP contribution is -2.35. The van der Waals surface area contributed by atoms with Crippen LogP contribution in [0.1, 0.15) is 37.0 Å². The standard InChI is InChI=1S/C26H29NO4/c1-17(2)16-30-21-12-13-22-19(4)23(26(29)31-24(22)14-21)15-25(28)27-18(3)10-11-20-8-6-5-7-9-20/h5-9,12-14,18H,1,10-11,15-16H2,2-4H3,(H,27,28)/t18-/m1/s1. The minimum absolute atomic E-state index is 0.00626. The van der Waals surface area contributed by atoms with Crippen molar-refractivity contribution >= 4 is 16.9 Å². The fourth-order valence-corrected chi connectivity index (χ4v) is 3.46. The Balaban J connectivity index is 1.67. The Morgan fingerprint density at radius 1 is 1.19 bits per heavy atom. The van der Waals surface area contributed by atoms with E-state index in [0.717, 1.165) is 29.4 Å². The Labute approximate surface area is 182 Å². The van der Waals surface area contributed by atoms with Crippen molar-refractivity contribution in [2.75, 3.05) is 6.61 Å². The SMILES string of the molecule is C=C(C)COc1ccc2c(C)c(CC(=O)N[C@H](C)CCc3ccccc3)c(=O)oc2c1. The summed E-state index contributed by atoms with van der Waals surface area (Å²) in [5, 5.41) is 3.78. The summed E-state index contributed by atoms with van der Waals surface area (Å²) in [6.07, 6.45) is 1.71. The lowest BCUT2D eigenvalue weighted by atomic mass is 10.0. The summed E-state index contributed by atoms with van der Waals surface area (Å²) in [5.74, 6) is 0.424. The lowest BCUT2D eigenvalue weighted by Gasteiger charge is -2.15. The van der Waals surface area contributed by atoms with Crippen LogP contribution in [0.3, 0.4) is 0 Å². The van der Waals surface area contributed by atoms with Crippen molar-refractivity contribution in [3.05, 3.63) is 87.8 Å². The number of fused-ring (bicyclic) bond motifs is 1. The zero-order valence-corrected chi connectivity index (χ0v) is 18.4. The third-order valence-corrected chi connectivity index (χ3v) is 5.20. The lowest BCUT2D eigenvalue weighted by molar-refractivity contribution is -0.121. The number of rotatable bonds is 9. The van der Waals surface area contributed by atoms with E-state index >= 15 is 0 Å². The summed E-state index contributed by atoms with van der Waals surface area (Å²) in [5.41, 5.74) is 3.23. The Bertz CT molecular complexity index is 1130. The number of benzene rings is 2. The average Bonchev–Trinajstić information content (AvgIpc) is 2.74. The first kappa shape index (κ1) is 22.3. The van der Waals surface area contributed by atoms with Crippen LogP contribution < -0.4 is 15.7 Å². The molecule has 2 aromatic carbocycles. The van der Waals surface area contributed by atoms with Gasteiger partial charge < -0.3 is 14.5 Å². The van der Waals surface area contributed by atoms with Crippen LogP contribution in [0.2, 0.25) is 0 Å². The summed E-state index contributed by atoms with van der Waals surface area (Å²) < 4.78 is 11.1. The van der Waals surface area contributed by atoms with Gasteiger partial charge in [0.1, 0.15) is 17.9 Å². The van der Waals surface area contributed by atoms with Gasteiger partial charge in [-0.25, -0.2) is 4.79 Å². The smallest absolute Gasteiger partial charge is 0.340 e. The molecule has 1 aromatic heterocycles. The third-order valence-electron chi connectivity index (χ3n) is 5.20. The van der Waals surface area contributed by atoms with Crippen LogP contribution >= 0.6 is 0 Å². The van der Waals surface area contributed by atoms with Gasteiger partial charge in [-0.3, -0.25) is 4.79 Å². The Kier molecular flexibility index (Phi) is 7.29. The average molecular weight is 420 g/mol. The van der Waals surface area contributed by atoms with Crippen molar-refractivity contribution in [2.24, 2.45) is 0 Å². The molecule has 1 amide bonds. The number of hydrogen-bond donors (Lipinski definition) is 1. The van der Waals surface area contributed by atoms with E-state index in [1.807, 2.05) is 51.1 Å². The molecule has 0 bridgehead atoms. The minimum atomic E-state index is -0.492. The molecule has 0 radical (unpaired) electrons.